The van der Waals surface area contributed by atoms with Gasteiger partial charge < -0.3 is 5.32 Å². The van der Waals surface area contributed by atoms with Gasteiger partial charge in [-0.15, -0.1) is 11.3 Å². The van der Waals surface area contributed by atoms with Crippen LogP contribution >= 0.6 is 11.3 Å². The Morgan fingerprint density at radius 1 is 1.56 bits per heavy atom. The number of hydrogen-bond donors (Lipinski definition) is 1. The van der Waals surface area contributed by atoms with E-state index in [1.165, 1.54) is 4.88 Å². The quantitative estimate of drug-likeness (QED) is 0.801. The van der Waals surface area contributed by atoms with Crippen molar-refractivity contribution in [1.29, 1.82) is 0 Å². The molecule has 1 aliphatic rings. The van der Waals surface area contributed by atoms with Crippen molar-refractivity contribution in [3.05, 3.63) is 16.1 Å². The van der Waals surface area contributed by atoms with Gasteiger partial charge in [0, 0.05) is 17.5 Å². The molecule has 1 aromatic heterocycles. The zero-order chi connectivity index (χ0) is 13.0. The lowest BCUT2D eigenvalue weighted by Gasteiger charge is -2.03. The average molecular weight is 288 g/mol. The first kappa shape index (κ1) is 14.0. The Balaban J connectivity index is 1.83. The summed E-state index contributed by atoms with van der Waals surface area (Å²) in [4.78, 5) is 5.72. The lowest BCUT2D eigenvalue weighted by Crippen LogP contribution is -2.07. The molecule has 1 aromatic rings. The predicted molar refractivity (Wildman–Crippen MR) is 74.8 cm³/mol. The van der Waals surface area contributed by atoms with Crippen molar-refractivity contribution in [1.82, 2.24) is 10.3 Å². The molecule has 6 heteroatoms. The molecule has 0 spiro atoms. The van der Waals surface area contributed by atoms with Gasteiger partial charge in [0.1, 0.15) is 0 Å². The molecule has 1 N–H and O–H groups in total. The van der Waals surface area contributed by atoms with Gasteiger partial charge in [-0.25, -0.2) is 13.4 Å². The van der Waals surface area contributed by atoms with E-state index in [0.717, 1.165) is 37.2 Å². The van der Waals surface area contributed by atoms with Crippen molar-refractivity contribution >= 4 is 21.2 Å². The highest BCUT2D eigenvalue weighted by molar-refractivity contribution is 7.91. The van der Waals surface area contributed by atoms with Crippen LogP contribution in [0.2, 0.25) is 0 Å². The lowest BCUT2D eigenvalue weighted by atomic mass is 10.1. The molecular weight excluding hydrogens is 268 g/mol. The molecule has 0 aromatic carbocycles. The number of nitrogens with one attached hydrogen (secondary N) is 1. The van der Waals surface area contributed by atoms with Gasteiger partial charge >= 0.3 is 0 Å². The van der Waals surface area contributed by atoms with E-state index in [9.17, 15) is 8.42 Å². The fourth-order valence-electron chi connectivity index (χ4n) is 2.28. The smallest absolute Gasteiger partial charge is 0.150 e. The Morgan fingerprint density at radius 2 is 2.39 bits per heavy atom. The van der Waals surface area contributed by atoms with Gasteiger partial charge in [0.2, 0.25) is 0 Å². The van der Waals surface area contributed by atoms with Gasteiger partial charge in [-0.1, -0.05) is 0 Å². The average Bonchev–Trinajstić information content (AvgIpc) is 2.87. The summed E-state index contributed by atoms with van der Waals surface area (Å²) in [6.07, 6.45) is 5.75. The van der Waals surface area contributed by atoms with Gasteiger partial charge in [0.15, 0.2) is 9.84 Å². The minimum atomic E-state index is -2.76. The Bertz CT molecular complexity index is 482. The van der Waals surface area contributed by atoms with Gasteiger partial charge in [0.05, 0.1) is 16.5 Å². The third-order valence-electron chi connectivity index (χ3n) is 3.24. The van der Waals surface area contributed by atoms with Crippen molar-refractivity contribution in [3.8, 4) is 0 Å². The molecule has 2 rings (SSSR count). The van der Waals surface area contributed by atoms with Crippen LogP contribution in [0.1, 0.15) is 22.7 Å². The van der Waals surface area contributed by atoms with Gasteiger partial charge in [-0.3, -0.25) is 0 Å². The number of nitrogens with zero attached hydrogens (tertiary/aromatic N) is 1. The summed E-state index contributed by atoms with van der Waals surface area (Å²) in [7, 11) is -0.801. The van der Waals surface area contributed by atoms with E-state index >= 15 is 0 Å². The predicted octanol–water partition coefficient (Wildman–Crippen LogP) is 1.27. The number of sulfone groups is 1. The van der Waals surface area contributed by atoms with Crippen molar-refractivity contribution in [3.63, 3.8) is 0 Å². The highest BCUT2D eigenvalue weighted by Crippen LogP contribution is 2.25. The third-order valence-corrected chi connectivity index (χ3v) is 6.16. The minimum Gasteiger partial charge on any atom is -0.320 e. The number of rotatable bonds is 6. The van der Waals surface area contributed by atoms with Crippen LogP contribution < -0.4 is 5.32 Å². The number of hydrogen-bond acceptors (Lipinski definition) is 5. The Kier molecular flexibility index (Phi) is 4.75. The van der Waals surface area contributed by atoms with Crippen LogP contribution in [0.3, 0.4) is 0 Å². The molecule has 1 unspecified atom stereocenters. The molecule has 1 aliphatic heterocycles. The molecule has 0 bridgehead atoms. The number of aromatic nitrogens is 1. The Labute approximate surface area is 113 Å². The molecule has 0 aliphatic carbocycles. The molecule has 4 nitrogen and oxygen atoms in total. The number of aryl methyl sites for hydroxylation is 1. The summed E-state index contributed by atoms with van der Waals surface area (Å²) in [5, 5.41) is 4.22. The van der Waals surface area contributed by atoms with Crippen LogP contribution in [0.4, 0.5) is 0 Å². The van der Waals surface area contributed by atoms with Gasteiger partial charge in [-0.2, -0.15) is 0 Å². The number of thiazole rings is 1. The van der Waals surface area contributed by atoms with Crippen LogP contribution in [0.5, 0.6) is 0 Å². The van der Waals surface area contributed by atoms with Crippen molar-refractivity contribution < 1.29 is 8.42 Å². The molecule has 0 radical (unpaired) electrons. The van der Waals surface area contributed by atoms with Crippen LogP contribution in [0, 0.1) is 5.92 Å². The maximum atomic E-state index is 11.4. The molecule has 18 heavy (non-hydrogen) atoms. The largest absolute Gasteiger partial charge is 0.320 e. The summed E-state index contributed by atoms with van der Waals surface area (Å²) in [5.41, 5.74) is 0. The van der Waals surface area contributed by atoms with Crippen LogP contribution in [-0.4, -0.2) is 38.5 Å². The fourth-order valence-corrected chi connectivity index (χ4v) is 5.22. The SMILES string of the molecule is CNCCCc1cnc(CC2CCS(=O)(=O)C2)s1. The van der Waals surface area contributed by atoms with E-state index in [0.29, 0.717) is 11.5 Å². The molecule has 0 saturated carbocycles. The summed E-state index contributed by atoms with van der Waals surface area (Å²) < 4.78 is 22.8. The highest BCUT2D eigenvalue weighted by atomic mass is 32.2. The second kappa shape index (κ2) is 6.12. The molecule has 1 saturated heterocycles. The van der Waals surface area contributed by atoms with Crippen LogP contribution in [0.25, 0.3) is 0 Å². The van der Waals surface area contributed by atoms with Gasteiger partial charge in [-0.05, 0) is 38.8 Å². The molecular formula is C12H20N2O2S2. The Hall–Kier alpha value is -0.460. The van der Waals surface area contributed by atoms with E-state index in [1.807, 2.05) is 13.2 Å². The first-order chi connectivity index (χ1) is 8.59. The first-order valence-corrected chi connectivity index (χ1v) is 9.01. The van der Waals surface area contributed by atoms with Crippen LogP contribution in [-0.2, 0) is 22.7 Å². The van der Waals surface area contributed by atoms with Crippen molar-refractivity contribution in [2.75, 3.05) is 25.1 Å². The third kappa shape index (κ3) is 4.03. The summed E-state index contributed by atoms with van der Waals surface area (Å²) in [5.74, 6) is 0.992. The zero-order valence-electron chi connectivity index (χ0n) is 10.7. The topological polar surface area (TPSA) is 59.1 Å². The monoisotopic (exact) mass is 288 g/mol. The fraction of sp³-hybridized carbons (Fsp3) is 0.750. The maximum absolute atomic E-state index is 11.4. The normalized spacial score (nSPS) is 22.4. The first-order valence-electron chi connectivity index (χ1n) is 6.37. The van der Waals surface area contributed by atoms with Gasteiger partial charge in [0.25, 0.3) is 0 Å². The minimum absolute atomic E-state index is 0.284. The molecule has 2 heterocycles. The van der Waals surface area contributed by atoms with E-state index in [4.69, 9.17) is 0 Å². The molecule has 0 amide bonds. The molecule has 1 atom stereocenters. The van der Waals surface area contributed by atoms with E-state index < -0.39 is 9.84 Å². The van der Waals surface area contributed by atoms with Crippen molar-refractivity contribution in [2.24, 2.45) is 5.92 Å². The lowest BCUT2D eigenvalue weighted by molar-refractivity contribution is 0.582. The maximum Gasteiger partial charge on any atom is 0.150 e. The van der Waals surface area contributed by atoms with E-state index in [2.05, 4.69) is 10.3 Å². The van der Waals surface area contributed by atoms with E-state index in [1.54, 1.807) is 11.3 Å². The Morgan fingerprint density at radius 3 is 3.06 bits per heavy atom. The van der Waals surface area contributed by atoms with Crippen LogP contribution in [0.15, 0.2) is 6.20 Å². The molecule has 102 valence electrons. The summed E-state index contributed by atoms with van der Waals surface area (Å²) in [6, 6.07) is 0. The zero-order valence-corrected chi connectivity index (χ0v) is 12.3. The second-order valence-corrected chi connectivity index (χ2v) is 8.33. The standard InChI is InChI=1S/C12H20N2O2S2/c1-13-5-2-3-11-8-14-12(17-11)7-10-4-6-18(15,16)9-10/h8,10,13H,2-7,9H2,1H3. The summed E-state index contributed by atoms with van der Waals surface area (Å²) >= 11 is 1.74. The van der Waals surface area contributed by atoms with E-state index in [-0.39, 0.29) is 5.92 Å². The highest BCUT2D eigenvalue weighted by Gasteiger charge is 2.28. The molecule has 1 fully saturated rings. The summed E-state index contributed by atoms with van der Waals surface area (Å²) in [6.45, 7) is 1.02. The van der Waals surface area contributed by atoms with Crippen molar-refractivity contribution in [2.45, 2.75) is 25.7 Å². The second-order valence-electron chi connectivity index (χ2n) is 4.90.